The topological polar surface area (TPSA) is 82.3 Å². The van der Waals surface area contributed by atoms with Crippen LogP contribution in [0.4, 0.5) is 0 Å². The van der Waals surface area contributed by atoms with Gasteiger partial charge in [-0.05, 0) is 56.1 Å². The molecular formula is C12H10Br2N2O3S. The average Bonchev–Trinajstić information content (AvgIpc) is 2.36. The summed E-state index contributed by atoms with van der Waals surface area (Å²) in [5.74, 6) is 0.525. The molecule has 0 bridgehead atoms. The summed E-state index contributed by atoms with van der Waals surface area (Å²) in [6, 6.07) is 6.24. The molecule has 106 valence electrons. The fourth-order valence-electron chi connectivity index (χ4n) is 1.47. The van der Waals surface area contributed by atoms with Crippen molar-refractivity contribution in [2.24, 2.45) is 5.14 Å². The number of pyridine rings is 1. The van der Waals surface area contributed by atoms with Gasteiger partial charge >= 0.3 is 0 Å². The van der Waals surface area contributed by atoms with Crippen molar-refractivity contribution in [3.05, 3.63) is 51.2 Å². The van der Waals surface area contributed by atoms with Crippen LogP contribution in [0.3, 0.4) is 0 Å². The zero-order chi connectivity index (χ0) is 14.8. The molecule has 0 saturated heterocycles. The molecule has 2 aromatic rings. The Morgan fingerprint density at radius 3 is 2.55 bits per heavy atom. The lowest BCUT2D eigenvalue weighted by Gasteiger charge is -2.09. The number of nitrogens with two attached hydrogens (primary N) is 1. The van der Waals surface area contributed by atoms with Crippen molar-refractivity contribution < 1.29 is 13.2 Å². The van der Waals surface area contributed by atoms with E-state index < -0.39 is 10.0 Å². The summed E-state index contributed by atoms with van der Waals surface area (Å²) in [4.78, 5) is 4.06. The van der Waals surface area contributed by atoms with E-state index in [9.17, 15) is 8.42 Å². The first kappa shape index (κ1) is 15.4. The molecule has 0 radical (unpaired) electrons. The average molecular weight is 422 g/mol. The van der Waals surface area contributed by atoms with E-state index in [1.807, 2.05) is 6.07 Å². The van der Waals surface area contributed by atoms with Gasteiger partial charge in [0.05, 0.1) is 9.37 Å². The number of aromatic nitrogens is 1. The highest BCUT2D eigenvalue weighted by molar-refractivity contribution is 9.10. The first-order valence-corrected chi connectivity index (χ1v) is 8.54. The molecular weight excluding hydrogens is 412 g/mol. The standard InChI is InChI=1S/C12H10Br2N2O3S/c13-9-3-8(5-16-6-9)7-19-12-2-1-10(4-11(12)14)20(15,17)18/h1-6H,7H2,(H2,15,17,18). The number of benzene rings is 1. The minimum Gasteiger partial charge on any atom is -0.488 e. The van der Waals surface area contributed by atoms with Crippen LogP contribution < -0.4 is 9.88 Å². The number of sulfonamides is 1. The van der Waals surface area contributed by atoms with E-state index in [0.717, 1.165) is 10.0 Å². The van der Waals surface area contributed by atoms with Crippen LogP contribution in [-0.2, 0) is 16.6 Å². The van der Waals surface area contributed by atoms with Gasteiger partial charge in [0.2, 0.25) is 10.0 Å². The van der Waals surface area contributed by atoms with Crippen LogP contribution in [0.2, 0.25) is 0 Å². The molecule has 0 unspecified atom stereocenters. The Kier molecular flexibility index (Phi) is 4.79. The number of halogens is 2. The van der Waals surface area contributed by atoms with Gasteiger partial charge in [-0.15, -0.1) is 0 Å². The second-order valence-corrected chi connectivity index (χ2v) is 7.27. The molecule has 2 rings (SSSR count). The molecule has 2 N–H and O–H groups in total. The van der Waals surface area contributed by atoms with Gasteiger partial charge in [-0.1, -0.05) is 0 Å². The summed E-state index contributed by atoms with van der Waals surface area (Å²) in [6.07, 6.45) is 3.37. The Morgan fingerprint density at radius 2 is 1.95 bits per heavy atom. The molecule has 8 heteroatoms. The minimum atomic E-state index is -3.72. The predicted molar refractivity (Wildman–Crippen MR) is 81.8 cm³/mol. The Balaban J connectivity index is 2.15. The van der Waals surface area contributed by atoms with Crippen LogP contribution in [0, 0.1) is 0 Å². The smallest absolute Gasteiger partial charge is 0.238 e. The number of nitrogens with zero attached hydrogens (tertiary/aromatic N) is 1. The Labute approximate surface area is 133 Å². The molecule has 0 atom stereocenters. The number of rotatable bonds is 4. The van der Waals surface area contributed by atoms with Crippen LogP contribution >= 0.6 is 31.9 Å². The summed E-state index contributed by atoms with van der Waals surface area (Å²) in [6.45, 7) is 0.319. The summed E-state index contributed by atoms with van der Waals surface area (Å²) < 4.78 is 29.4. The first-order valence-electron chi connectivity index (χ1n) is 5.41. The lowest BCUT2D eigenvalue weighted by atomic mass is 10.3. The van der Waals surface area contributed by atoms with Gasteiger partial charge in [-0.2, -0.15) is 0 Å². The van der Waals surface area contributed by atoms with Gasteiger partial charge in [0.1, 0.15) is 12.4 Å². The van der Waals surface area contributed by atoms with Gasteiger partial charge in [0.15, 0.2) is 0 Å². The van der Waals surface area contributed by atoms with Gasteiger partial charge in [0.25, 0.3) is 0 Å². The maximum absolute atomic E-state index is 11.2. The number of primary sulfonamides is 1. The summed E-state index contributed by atoms with van der Waals surface area (Å²) >= 11 is 6.58. The maximum atomic E-state index is 11.2. The van der Waals surface area contributed by atoms with E-state index in [-0.39, 0.29) is 4.90 Å². The van der Waals surface area contributed by atoms with E-state index in [1.54, 1.807) is 18.5 Å². The maximum Gasteiger partial charge on any atom is 0.238 e. The molecule has 0 aliphatic carbocycles. The SMILES string of the molecule is NS(=O)(=O)c1ccc(OCc2cncc(Br)c2)c(Br)c1. The summed E-state index contributed by atoms with van der Waals surface area (Å²) in [5, 5.41) is 5.05. The van der Waals surface area contributed by atoms with Crippen LogP contribution in [0.15, 0.2) is 50.5 Å². The van der Waals surface area contributed by atoms with Crippen LogP contribution in [0.5, 0.6) is 5.75 Å². The molecule has 1 aromatic heterocycles. The van der Waals surface area contributed by atoms with E-state index >= 15 is 0 Å². The van der Waals surface area contributed by atoms with E-state index in [4.69, 9.17) is 9.88 Å². The fraction of sp³-hybridized carbons (Fsp3) is 0.0833. The summed E-state index contributed by atoms with van der Waals surface area (Å²) in [7, 11) is -3.72. The van der Waals surface area contributed by atoms with Crippen molar-refractivity contribution in [3.8, 4) is 5.75 Å². The van der Waals surface area contributed by atoms with E-state index in [0.29, 0.717) is 16.8 Å². The minimum absolute atomic E-state index is 0.0286. The van der Waals surface area contributed by atoms with Crippen LogP contribution in [0.25, 0.3) is 0 Å². The quantitative estimate of drug-likeness (QED) is 0.822. The second kappa shape index (κ2) is 6.21. The van der Waals surface area contributed by atoms with Crippen molar-refractivity contribution in [2.45, 2.75) is 11.5 Å². The van der Waals surface area contributed by atoms with Crippen LogP contribution in [0.1, 0.15) is 5.56 Å². The third-order valence-corrected chi connectivity index (χ3v) is 4.35. The first-order chi connectivity index (χ1) is 9.36. The third kappa shape index (κ3) is 4.02. The largest absolute Gasteiger partial charge is 0.488 e. The molecule has 1 heterocycles. The van der Waals surface area contributed by atoms with Crippen molar-refractivity contribution in [1.29, 1.82) is 0 Å². The third-order valence-electron chi connectivity index (χ3n) is 2.39. The highest BCUT2D eigenvalue weighted by Gasteiger charge is 2.11. The van der Waals surface area contributed by atoms with Crippen molar-refractivity contribution in [2.75, 3.05) is 0 Å². The molecule has 0 aliphatic heterocycles. The normalized spacial score (nSPS) is 11.3. The van der Waals surface area contributed by atoms with Crippen molar-refractivity contribution in [3.63, 3.8) is 0 Å². The van der Waals surface area contributed by atoms with Crippen molar-refractivity contribution in [1.82, 2.24) is 4.98 Å². The van der Waals surface area contributed by atoms with Gasteiger partial charge in [-0.3, -0.25) is 4.98 Å². The molecule has 0 aliphatic rings. The zero-order valence-corrected chi connectivity index (χ0v) is 14.1. The molecule has 1 aromatic carbocycles. The summed E-state index contributed by atoms with van der Waals surface area (Å²) in [5.41, 5.74) is 0.891. The monoisotopic (exact) mass is 420 g/mol. The lowest BCUT2D eigenvalue weighted by molar-refractivity contribution is 0.303. The Bertz CT molecular complexity index is 735. The molecule has 0 saturated carbocycles. The highest BCUT2D eigenvalue weighted by Crippen LogP contribution is 2.28. The highest BCUT2D eigenvalue weighted by atomic mass is 79.9. The predicted octanol–water partition coefficient (Wildman–Crippen LogP) is 2.83. The molecule has 0 fully saturated rings. The Hall–Kier alpha value is -0.960. The molecule has 5 nitrogen and oxygen atoms in total. The lowest BCUT2D eigenvalue weighted by Crippen LogP contribution is -2.12. The number of ether oxygens (including phenoxy) is 1. The number of hydrogen-bond donors (Lipinski definition) is 1. The van der Waals surface area contributed by atoms with Gasteiger partial charge in [0, 0.05) is 22.4 Å². The Morgan fingerprint density at radius 1 is 1.20 bits per heavy atom. The van der Waals surface area contributed by atoms with Gasteiger partial charge < -0.3 is 4.74 Å². The molecule has 0 amide bonds. The van der Waals surface area contributed by atoms with E-state index in [2.05, 4.69) is 36.8 Å². The molecule has 20 heavy (non-hydrogen) atoms. The zero-order valence-electron chi connectivity index (χ0n) is 10.1. The van der Waals surface area contributed by atoms with E-state index in [1.165, 1.54) is 12.1 Å². The fourth-order valence-corrected chi connectivity index (χ4v) is 3.07. The van der Waals surface area contributed by atoms with Gasteiger partial charge in [-0.25, -0.2) is 13.6 Å². The molecule has 0 spiro atoms. The number of hydrogen-bond acceptors (Lipinski definition) is 4. The van der Waals surface area contributed by atoms with Crippen LogP contribution in [-0.4, -0.2) is 13.4 Å². The second-order valence-electron chi connectivity index (χ2n) is 3.94. The van der Waals surface area contributed by atoms with Crippen molar-refractivity contribution >= 4 is 41.9 Å².